The molecular formula is C39H56F2N4O5S. The molecule has 3 atom stereocenters. The molecule has 2 aliphatic carbocycles. The van der Waals surface area contributed by atoms with Crippen LogP contribution in [0.15, 0.2) is 47.4 Å². The maximum absolute atomic E-state index is 15.4. The Labute approximate surface area is 303 Å². The second-order valence-corrected chi connectivity index (χ2v) is 17.9. The summed E-state index contributed by atoms with van der Waals surface area (Å²) < 4.78 is 67.6. The minimum Gasteiger partial charge on any atom is -0.453 e. The third-order valence-electron chi connectivity index (χ3n) is 12.8. The van der Waals surface area contributed by atoms with Crippen LogP contribution in [0.5, 0.6) is 0 Å². The van der Waals surface area contributed by atoms with E-state index in [9.17, 15) is 13.2 Å². The Morgan fingerprint density at radius 1 is 0.961 bits per heavy atom. The standard InChI is InChI=1S/C39H54F2N4O5S.H2/c1-3-50-38(25-45(26-38)36-15-14-32(23-34(36)41)51(47,48)31-10-5-11-31)24-44-20-16-28(17-21-44)39(27-43-18-7-19-43,29-8-4-9-30(40)22-29)33-12-6-13-35(33)42-37(46)49-2;/h4,8-9,14-15,22-23,28,31,33,35H,3,5-7,10-13,16-21,24-27H2,1-2H3,(H,42,46);1H/t33-,35-,39-;/m0./s1. The van der Waals surface area contributed by atoms with Gasteiger partial charge in [0.15, 0.2) is 9.84 Å². The number of carbonyl (C=O) groups excluding carboxylic acids is 1. The summed E-state index contributed by atoms with van der Waals surface area (Å²) >= 11 is 0. The number of hydrogen-bond donors (Lipinski definition) is 1. The SMILES string of the molecule is CCOC1(CN2CCC([C@@](CN3CCC3)(c3cccc(F)c3)[C@H]3CCC[C@@H]3NC(=O)OC)CC2)CN(c2ccc(S(=O)(=O)C3CCC3)cc2F)C1.[HH]. The number of piperidine rings is 1. The first-order valence-electron chi connectivity index (χ1n) is 19.0. The van der Waals surface area contributed by atoms with Gasteiger partial charge in [-0.2, -0.15) is 0 Å². The number of ether oxygens (including phenoxy) is 2. The fraction of sp³-hybridized carbons (Fsp3) is 0.667. The number of nitrogens with one attached hydrogen (secondary N) is 1. The highest BCUT2D eigenvalue weighted by molar-refractivity contribution is 7.92. The Kier molecular flexibility index (Phi) is 10.7. The lowest BCUT2D eigenvalue weighted by atomic mass is 9.57. The lowest BCUT2D eigenvalue weighted by molar-refractivity contribution is -0.0858. The molecule has 12 heteroatoms. The molecule has 2 aromatic carbocycles. The first-order valence-corrected chi connectivity index (χ1v) is 20.6. The van der Waals surface area contributed by atoms with E-state index in [4.69, 9.17) is 9.47 Å². The van der Waals surface area contributed by atoms with Crippen LogP contribution in [-0.4, -0.2) is 107 Å². The van der Waals surface area contributed by atoms with E-state index < -0.39 is 32.6 Å². The number of likely N-dealkylation sites (tertiary alicyclic amines) is 2. The number of rotatable bonds is 13. The summed E-state index contributed by atoms with van der Waals surface area (Å²) in [5.74, 6) is -0.307. The van der Waals surface area contributed by atoms with Crippen molar-refractivity contribution in [3.8, 4) is 0 Å². The number of amides is 1. The lowest BCUT2D eigenvalue weighted by Crippen LogP contribution is -2.68. The molecule has 9 nitrogen and oxygen atoms in total. The lowest BCUT2D eigenvalue weighted by Gasteiger charge is -2.55. The highest BCUT2D eigenvalue weighted by Crippen LogP contribution is 2.52. The molecule has 0 radical (unpaired) electrons. The number of anilines is 1. The first-order chi connectivity index (χ1) is 24.6. The summed E-state index contributed by atoms with van der Waals surface area (Å²) in [6, 6.07) is 11.5. The minimum atomic E-state index is -3.50. The Hall–Kier alpha value is -2.80. The second-order valence-electron chi connectivity index (χ2n) is 15.7. The van der Waals surface area contributed by atoms with E-state index in [-0.39, 0.29) is 35.4 Å². The molecule has 7 rings (SSSR count). The molecule has 51 heavy (non-hydrogen) atoms. The zero-order chi connectivity index (χ0) is 35.8. The Bertz CT molecular complexity index is 1660. The molecule has 1 amide bonds. The number of methoxy groups -OCH3 is 1. The van der Waals surface area contributed by atoms with Gasteiger partial charge in [-0.1, -0.05) is 25.0 Å². The van der Waals surface area contributed by atoms with Gasteiger partial charge in [-0.25, -0.2) is 22.0 Å². The van der Waals surface area contributed by atoms with Gasteiger partial charge in [-0.05, 0) is 126 Å². The van der Waals surface area contributed by atoms with Crippen molar-refractivity contribution in [1.82, 2.24) is 15.1 Å². The summed E-state index contributed by atoms with van der Waals surface area (Å²) in [7, 11) is -2.09. The molecule has 5 aliphatic rings. The smallest absolute Gasteiger partial charge is 0.407 e. The van der Waals surface area contributed by atoms with Crippen LogP contribution in [0.1, 0.15) is 71.7 Å². The minimum absolute atomic E-state index is 0. The van der Waals surface area contributed by atoms with Crippen molar-refractivity contribution in [3.05, 3.63) is 59.7 Å². The Balaban J connectivity index is 0.00000464. The van der Waals surface area contributed by atoms with Crippen molar-refractivity contribution in [3.63, 3.8) is 0 Å². The fourth-order valence-electron chi connectivity index (χ4n) is 9.91. The highest BCUT2D eigenvalue weighted by Gasteiger charge is 2.54. The predicted octanol–water partition coefficient (Wildman–Crippen LogP) is 6.01. The normalized spacial score (nSPS) is 25.8. The fourth-order valence-corrected chi connectivity index (χ4v) is 11.8. The Morgan fingerprint density at radius 3 is 2.31 bits per heavy atom. The summed E-state index contributed by atoms with van der Waals surface area (Å²) in [4.78, 5) is 19.5. The maximum atomic E-state index is 15.4. The van der Waals surface area contributed by atoms with Crippen LogP contribution >= 0.6 is 0 Å². The summed E-state index contributed by atoms with van der Waals surface area (Å²) in [5, 5.41) is 2.77. The third-order valence-corrected chi connectivity index (χ3v) is 15.0. The topological polar surface area (TPSA) is 91.4 Å². The number of carbonyl (C=O) groups is 1. The highest BCUT2D eigenvalue weighted by atomic mass is 32.2. The van der Waals surface area contributed by atoms with Crippen LogP contribution in [0, 0.1) is 23.5 Å². The van der Waals surface area contributed by atoms with Crippen LogP contribution in [0.25, 0.3) is 0 Å². The number of alkyl carbamates (subject to hydrolysis) is 1. The molecule has 0 unspecified atom stereocenters. The van der Waals surface area contributed by atoms with Crippen LogP contribution < -0.4 is 10.2 Å². The molecule has 5 fully saturated rings. The molecule has 2 aromatic rings. The molecule has 0 bridgehead atoms. The number of sulfone groups is 1. The van der Waals surface area contributed by atoms with Gasteiger partial charge in [0.05, 0.1) is 36.0 Å². The molecule has 3 aliphatic heterocycles. The zero-order valence-electron chi connectivity index (χ0n) is 30.1. The molecule has 0 spiro atoms. The van der Waals surface area contributed by atoms with Gasteiger partial charge in [0.25, 0.3) is 0 Å². The third kappa shape index (κ3) is 7.14. The van der Waals surface area contributed by atoms with E-state index in [1.807, 2.05) is 17.9 Å². The number of benzene rings is 2. The largest absolute Gasteiger partial charge is 0.453 e. The van der Waals surface area contributed by atoms with Crippen molar-refractivity contribution >= 4 is 21.6 Å². The van der Waals surface area contributed by atoms with Crippen molar-refractivity contribution in [2.75, 3.05) is 71.0 Å². The van der Waals surface area contributed by atoms with Gasteiger partial charge >= 0.3 is 6.09 Å². The first kappa shape index (κ1) is 36.6. The zero-order valence-corrected chi connectivity index (χ0v) is 30.9. The van der Waals surface area contributed by atoms with Crippen LogP contribution in [0.2, 0.25) is 0 Å². The molecular weight excluding hydrogens is 675 g/mol. The second kappa shape index (κ2) is 14.9. The van der Waals surface area contributed by atoms with Gasteiger partial charge in [0.1, 0.15) is 17.2 Å². The van der Waals surface area contributed by atoms with E-state index in [2.05, 4.69) is 21.2 Å². The van der Waals surface area contributed by atoms with Crippen molar-refractivity contribution in [2.24, 2.45) is 11.8 Å². The average molecular weight is 731 g/mol. The van der Waals surface area contributed by atoms with Crippen LogP contribution in [0.4, 0.5) is 19.3 Å². The molecule has 1 N–H and O–H groups in total. The molecule has 2 saturated carbocycles. The Morgan fingerprint density at radius 2 is 1.71 bits per heavy atom. The monoisotopic (exact) mass is 730 g/mol. The van der Waals surface area contributed by atoms with Gasteiger partial charge in [0.2, 0.25) is 0 Å². The number of nitrogens with zero attached hydrogens (tertiary/aromatic N) is 3. The number of halogens is 2. The van der Waals surface area contributed by atoms with Crippen LogP contribution in [0.3, 0.4) is 0 Å². The summed E-state index contributed by atoms with van der Waals surface area (Å²) in [6.45, 7) is 8.93. The van der Waals surface area contributed by atoms with E-state index in [0.717, 1.165) is 89.8 Å². The number of hydrogen-bond acceptors (Lipinski definition) is 8. The van der Waals surface area contributed by atoms with E-state index in [1.165, 1.54) is 19.2 Å². The summed E-state index contributed by atoms with van der Waals surface area (Å²) in [5.41, 5.74) is 0.653. The molecule has 282 valence electrons. The molecule has 0 aromatic heterocycles. The van der Waals surface area contributed by atoms with Gasteiger partial charge < -0.3 is 29.5 Å². The van der Waals surface area contributed by atoms with Crippen molar-refractivity contribution < 1.29 is 32.9 Å². The molecule has 3 heterocycles. The quantitative estimate of drug-likeness (QED) is 0.268. The van der Waals surface area contributed by atoms with E-state index in [0.29, 0.717) is 38.2 Å². The van der Waals surface area contributed by atoms with E-state index >= 15 is 8.78 Å². The van der Waals surface area contributed by atoms with Gasteiger partial charge in [0, 0.05) is 32.6 Å². The van der Waals surface area contributed by atoms with E-state index in [1.54, 1.807) is 18.2 Å². The van der Waals surface area contributed by atoms with Gasteiger partial charge in [-0.3, -0.25) is 0 Å². The maximum Gasteiger partial charge on any atom is 0.407 e. The average Bonchev–Trinajstić information content (AvgIpc) is 3.51. The van der Waals surface area contributed by atoms with Crippen molar-refractivity contribution in [1.29, 1.82) is 0 Å². The summed E-state index contributed by atoms with van der Waals surface area (Å²) in [6.07, 6.45) is 7.65. The van der Waals surface area contributed by atoms with Crippen LogP contribution in [-0.2, 0) is 24.7 Å². The van der Waals surface area contributed by atoms with Crippen molar-refractivity contribution in [2.45, 2.75) is 91.9 Å². The van der Waals surface area contributed by atoms with Gasteiger partial charge in [-0.15, -0.1) is 0 Å². The predicted molar refractivity (Wildman–Crippen MR) is 195 cm³/mol. The molecule has 3 saturated heterocycles.